The zero-order chi connectivity index (χ0) is 12.1. The van der Waals surface area contributed by atoms with Gasteiger partial charge in [0, 0.05) is 0 Å². The molecule has 1 aromatic rings. The molecule has 1 rings (SSSR count). The van der Waals surface area contributed by atoms with Gasteiger partial charge in [0.15, 0.2) is 5.96 Å². The maximum Gasteiger partial charge on any atom is 0.186 e. The fourth-order valence-corrected chi connectivity index (χ4v) is 1.69. The first kappa shape index (κ1) is 12.8. The molecule has 4 N–H and O–H groups in total. The number of rotatable bonds is 4. The van der Waals surface area contributed by atoms with E-state index in [0.29, 0.717) is 6.54 Å². The molecule has 0 radical (unpaired) electrons. The van der Waals surface area contributed by atoms with Gasteiger partial charge in [-0.3, -0.25) is 0 Å². The highest BCUT2D eigenvalue weighted by molar-refractivity contribution is 9.10. The summed E-state index contributed by atoms with van der Waals surface area (Å²) >= 11 is 3.45. The molecule has 0 amide bonds. The molecule has 0 unspecified atom stereocenters. The van der Waals surface area contributed by atoms with E-state index in [9.17, 15) is 0 Å². The van der Waals surface area contributed by atoms with Crippen molar-refractivity contribution in [2.24, 2.45) is 16.5 Å². The van der Waals surface area contributed by atoms with Gasteiger partial charge in [-0.05, 0) is 47.5 Å². The van der Waals surface area contributed by atoms with Gasteiger partial charge in [0.25, 0.3) is 0 Å². The molecule has 88 valence electrons. The summed E-state index contributed by atoms with van der Waals surface area (Å²) in [5.41, 5.74) is 11.6. The Hall–Kier alpha value is -1.23. The second-order valence-corrected chi connectivity index (χ2v) is 4.53. The summed E-state index contributed by atoms with van der Waals surface area (Å²) in [5, 5.41) is 0. The van der Waals surface area contributed by atoms with Crippen molar-refractivity contribution in [3.05, 3.63) is 28.2 Å². The summed E-state index contributed by atoms with van der Waals surface area (Å²) in [7, 11) is 0. The third-order valence-electron chi connectivity index (χ3n) is 1.80. The Kier molecular flexibility index (Phi) is 4.61. The van der Waals surface area contributed by atoms with Crippen LogP contribution >= 0.6 is 15.9 Å². The van der Waals surface area contributed by atoms with Crippen LogP contribution in [0.3, 0.4) is 0 Å². The first-order valence-electron chi connectivity index (χ1n) is 4.99. The van der Waals surface area contributed by atoms with E-state index in [-0.39, 0.29) is 12.1 Å². The zero-order valence-electron chi connectivity index (χ0n) is 9.40. The quantitative estimate of drug-likeness (QED) is 0.657. The minimum atomic E-state index is 0.0960. The van der Waals surface area contributed by atoms with E-state index in [1.165, 1.54) is 0 Å². The van der Waals surface area contributed by atoms with Gasteiger partial charge in [-0.25, -0.2) is 4.99 Å². The highest BCUT2D eigenvalue weighted by Gasteiger charge is 2.04. The molecule has 1 aromatic carbocycles. The third kappa shape index (κ3) is 4.10. The van der Waals surface area contributed by atoms with Crippen LogP contribution in [0.4, 0.5) is 0 Å². The minimum Gasteiger partial charge on any atom is -0.490 e. The van der Waals surface area contributed by atoms with Gasteiger partial charge in [0.05, 0.1) is 17.1 Å². The molecule has 4 nitrogen and oxygen atoms in total. The number of halogens is 1. The average Bonchev–Trinajstić information content (AvgIpc) is 2.18. The molecule has 0 bridgehead atoms. The molecule has 0 atom stereocenters. The molecule has 0 saturated heterocycles. The van der Waals surface area contributed by atoms with Crippen molar-refractivity contribution in [3.63, 3.8) is 0 Å². The van der Waals surface area contributed by atoms with Gasteiger partial charge in [0.2, 0.25) is 0 Å². The maximum absolute atomic E-state index is 5.59. The van der Waals surface area contributed by atoms with Crippen LogP contribution in [0.15, 0.2) is 27.7 Å². The highest BCUT2D eigenvalue weighted by Crippen LogP contribution is 2.27. The third-order valence-corrected chi connectivity index (χ3v) is 2.42. The van der Waals surface area contributed by atoms with Crippen LogP contribution in [0.1, 0.15) is 19.4 Å². The minimum absolute atomic E-state index is 0.0960. The highest BCUT2D eigenvalue weighted by atomic mass is 79.9. The van der Waals surface area contributed by atoms with Crippen LogP contribution in [0, 0.1) is 0 Å². The lowest BCUT2D eigenvalue weighted by molar-refractivity contribution is 0.241. The zero-order valence-corrected chi connectivity index (χ0v) is 11.0. The number of ether oxygens (including phenoxy) is 1. The molecule has 0 aliphatic carbocycles. The lowest BCUT2D eigenvalue weighted by atomic mass is 10.2. The van der Waals surface area contributed by atoms with E-state index in [4.69, 9.17) is 16.2 Å². The van der Waals surface area contributed by atoms with Crippen LogP contribution < -0.4 is 16.2 Å². The van der Waals surface area contributed by atoms with Gasteiger partial charge >= 0.3 is 0 Å². The topological polar surface area (TPSA) is 73.6 Å². The summed E-state index contributed by atoms with van der Waals surface area (Å²) in [6.45, 7) is 4.45. The van der Waals surface area contributed by atoms with Crippen molar-refractivity contribution < 1.29 is 4.74 Å². The first-order chi connectivity index (χ1) is 7.49. The fraction of sp³-hybridized carbons (Fsp3) is 0.364. The Bertz CT molecular complexity index is 387. The number of hydrogen-bond acceptors (Lipinski definition) is 2. The van der Waals surface area contributed by atoms with Crippen LogP contribution in [0.2, 0.25) is 0 Å². The number of guanidine groups is 1. The summed E-state index contributed by atoms with van der Waals surface area (Å²) in [5.74, 6) is 0.919. The molecule has 0 fully saturated rings. The Morgan fingerprint density at radius 2 is 2.12 bits per heavy atom. The summed E-state index contributed by atoms with van der Waals surface area (Å²) in [6.07, 6.45) is 0.153. The van der Waals surface area contributed by atoms with Gasteiger partial charge in [0.1, 0.15) is 5.75 Å². The molecule has 0 heterocycles. The number of hydrogen-bond donors (Lipinski definition) is 2. The molecule has 0 saturated carbocycles. The standard InChI is InChI=1S/C11H16BrN3O/c1-7(2)16-10-4-3-8(5-9(10)12)6-15-11(13)14/h3-5,7H,6H2,1-2H3,(H4,13,14,15). The van der Waals surface area contributed by atoms with Crippen LogP contribution in [0.25, 0.3) is 0 Å². The van der Waals surface area contributed by atoms with Gasteiger partial charge in [-0.15, -0.1) is 0 Å². The lowest BCUT2D eigenvalue weighted by Crippen LogP contribution is -2.22. The van der Waals surface area contributed by atoms with Crippen LogP contribution in [-0.4, -0.2) is 12.1 Å². The largest absolute Gasteiger partial charge is 0.490 e. The number of nitrogens with two attached hydrogens (primary N) is 2. The molecule has 16 heavy (non-hydrogen) atoms. The number of nitrogens with zero attached hydrogens (tertiary/aromatic N) is 1. The van der Waals surface area contributed by atoms with E-state index in [2.05, 4.69) is 20.9 Å². The first-order valence-corrected chi connectivity index (χ1v) is 5.79. The summed E-state index contributed by atoms with van der Waals surface area (Å²) in [6, 6.07) is 5.79. The predicted molar refractivity (Wildman–Crippen MR) is 69.4 cm³/mol. The molecule has 0 aromatic heterocycles. The predicted octanol–water partition coefficient (Wildman–Crippen LogP) is 2.01. The van der Waals surface area contributed by atoms with Crippen molar-refractivity contribution in [1.29, 1.82) is 0 Å². The lowest BCUT2D eigenvalue weighted by Gasteiger charge is -2.12. The van der Waals surface area contributed by atoms with E-state index < -0.39 is 0 Å². The molecule has 0 aliphatic rings. The van der Waals surface area contributed by atoms with E-state index in [0.717, 1.165) is 15.8 Å². The van der Waals surface area contributed by atoms with E-state index >= 15 is 0 Å². The van der Waals surface area contributed by atoms with Crippen molar-refractivity contribution in [2.75, 3.05) is 0 Å². The SMILES string of the molecule is CC(C)Oc1ccc(CN=C(N)N)cc1Br. The average molecular weight is 286 g/mol. The van der Waals surface area contributed by atoms with Gasteiger partial charge in [-0.1, -0.05) is 6.07 Å². The Morgan fingerprint density at radius 1 is 1.44 bits per heavy atom. The summed E-state index contributed by atoms with van der Waals surface area (Å²) < 4.78 is 6.50. The monoisotopic (exact) mass is 285 g/mol. The number of benzene rings is 1. The smallest absolute Gasteiger partial charge is 0.186 e. The second kappa shape index (κ2) is 5.75. The Labute approximate surface area is 104 Å². The molecule has 0 aliphatic heterocycles. The fourth-order valence-electron chi connectivity index (χ4n) is 1.17. The maximum atomic E-state index is 5.59. The second-order valence-electron chi connectivity index (χ2n) is 3.67. The Morgan fingerprint density at radius 3 is 2.62 bits per heavy atom. The normalized spacial score (nSPS) is 10.2. The van der Waals surface area contributed by atoms with Crippen molar-refractivity contribution in [3.8, 4) is 5.75 Å². The van der Waals surface area contributed by atoms with Crippen molar-refractivity contribution >= 4 is 21.9 Å². The molecular formula is C11H16BrN3O. The van der Waals surface area contributed by atoms with Gasteiger partial charge < -0.3 is 16.2 Å². The molecule has 5 heteroatoms. The van der Waals surface area contributed by atoms with E-state index in [1.807, 2.05) is 32.0 Å². The van der Waals surface area contributed by atoms with Gasteiger partial charge in [-0.2, -0.15) is 0 Å². The Balaban J connectivity index is 2.78. The van der Waals surface area contributed by atoms with Crippen LogP contribution in [0.5, 0.6) is 5.75 Å². The van der Waals surface area contributed by atoms with E-state index in [1.54, 1.807) is 0 Å². The summed E-state index contributed by atoms with van der Waals surface area (Å²) in [4.78, 5) is 3.94. The van der Waals surface area contributed by atoms with Crippen molar-refractivity contribution in [1.82, 2.24) is 0 Å². The molecule has 0 spiro atoms. The number of aliphatic imine (C=N–C) groups is 1. The molecular weight excluding hydrogens is 270 g/mol. The van der Waals surface area contributed by atoms with Crippen LogP contribution in [-0.2, 0) is 6.54 Å². The van der Waals surface area contributed by atoms with Crippen molar-refractivity contribution in [2.45, 2.75) is 26.5 Å².